The smallest absolute Gasteiger partial charge is 0.224 e. The van der Waals surface area contributed by atoms with Crippen LogP contribution in [0.5, 0.6) is 0 Å². The molecule has 1 N–H and O–H groups in total. The summed E-state index contributed by atoms with van der Waals surface area (Å²) >= 11 is 1.71. The molecule has 1 aromatic carbocycles. The molecule has 0 aliphatic heterocycles. The maximum Gasteiger partial charge on any atom is 0.224 e. The van der Waals surface area contributed by atoms with E-state index in [9.17, 15) is 4.79 Å². The molecular formula is C20H24N2O2S. The molecule has 2 aromatic heterocycles. The predicted octanol–water partition coefficient (Wildman–Crippen LogP) is 4.07. The molecule has 132 valence electrons. The number of furan rings is 1. The van der Waals surface area contributed by atoms with E-state index in [0.29, 0.717) is 13.0 Å². The molecule has 3 rings (SSSR count). The molecule has 0 spiro atoms. The number of thiophene rings is 1. The van der Waals surface area contributed by atoms with Crippen LogP contribution in [0.2, 0.25) is 0 Å². The largest absolute Gasteiger partial charge is 0.464 e. The summed E-state index contributed by atoms with van der Waals surface area (Å²) in [6, 6.07) is 8.46. The normalized spacial score (nSPS) is 12.7. The summed E-state index contributed by atoms with van der Waals surface area (Å²) in [7, 11) is 4.07. The summed E-state index contributed by atoms with van der Waals surface area (Å²) < 4.78 is 5.70. The lowest BCUT2D eigenvalue weighted by Crippen LogP contribution is -2.34. The Morgan fingerprint density at radius 3 is 2.76 bits per heavy atom. The molecule has 0 bridgehead atoms. The summed E-state index contributed by atoms with van der Waals surface area (Å²) in [4.78, 5) is 15.8. The highest BCUT2D eigenvalue weighted by molar-refractivity contribution is 7.10. The Labute approximate surface area is 152 Å². The molecule has 4 nitrogen and oxygen atoms in total. The van der Waals surface area contributed by atoms with Gasteiger partial charge in [0.25, 0.3) is 0 Å². The highest BCUT2D eigenvalue weighted by Crippen LogP contribution is 2.27. The number of nitrogens with one attached hydrogen (secondary N) is 1. The molecule has 0 saturated carbocycles. The van der Waals surface area contributed by atoms with E-state index in [-0.39, 0.29) is 11.9 Å². The summed E-state index contributed by atoms with van der Waals surface area (Å²) in [5, 5.41) is 6.16. The lowest BCUT2D eigenvalue weighted by Gasteiger charge is -2.23. The zero-order valence-corrected chi connectivity index (χ0v) is 15.9. The van der Waals surface area contributed by atoms with Gasteiger partial charge in [-0.25, -0.2) is 0 Å². The van der Waals surface area contributed by atoms with Crippen molar-refractivity contribution < 1.29 is 9.21 Å². The van der Waals surface area contributed by atoms with Crippen LogP contribution in [-0.2, 0) is 11.2 Å². The number of rotatable bonds is 6. The number of likely N-dealkylation sites (N-methyl/N-ethyl adjacent to an activating group) is 1. The topological polar surface area (TPSA) is 45.5 Å². The second-order valence-corrected chi connectivity index (χ2v) is 7.60. The summed E-state index contributed by atoms with van der Waals surface area (Å²) in [6.07, 6.45) is 2.04. The van der Waals surface area contributed by atoms with Crippen molar-refractivity contribution in [3.63, 3.8) is 0 Å². The molecule has 0 saturated heterocycles. The van der Waals surface area contributed by atoms with Crippen molar-refractivity contribution in [3.8, 4) is 0 Å². The van der Waals surface area contributed by atoms with Gasteiger partial charge in [0.1, 0.15) is 5.58 Å². The van der Waals surface area contributed by atoms with Gasteiger partial charge in [-0.05, 0) is 50.5 Å². The Hall–Kier alpha value is -2.11. The molecule has 0 radical (unpaired) electrons. The minimum atomic E-state index is 0.0179. The van der Waals surface area contributed by atoms with Crippen LogP contribution < -0.4 is 5.32 Å². The molecule has 25 heavy (non-hydrogen) atoms. The number of benzene rings is 1. The number of hydrogen-bond donors (Lipinski definition) is 1. The summed E-state index contributed by atoms with van der Waals surface area (Å²) in [5.41, 5.74) is 4.15. The molecule has 0 aliphatic carbocycles. The number of nitrogens with zero attached hydrogens (tertiary/aromatic N) is 1. The minimum Gasteiger partial charge on any atom is -0.464 e. The SMILES string of the molecule is Cc1ccc2c(CC(=O)NC[C@H](c3cccs3)N(C)C)coc2c1C. The fraction of sp³-hybridized carbons (Fsp3) is 0.350. The second kappa shape index (κ2) is 7.42. The molecule has 5 heteroatoms. The van der Waals surface area contributed by atoms with Crippen molar-refractivity contribution in [2.24, 2.45) is 0 Å². The van der Waals surface area contributed by atoms with Gasteiger partial charge in [0.2, 0.25) is 5.91 Å². The van der Waals surface area contributed by atoms with Crippen LogP contribution in [0.1, 0.15) is 27.6 Å². The van der Waals surface area contributed by atoms with Crippen LogP contribution in [0.15, 0.2) is 40.3 Å². The molecule has 2 heterocycles. The monoisotopic (exact) mass is 356 g/mol. The maximum atomic E-state index is 12.4. The van der Waals surface area contributed by atoms with Crippen molar-refractivity contribution >= 4 is 28.2 Å². The van der Waals surface area contributed by atoms with Gasteiger partial charge in [0, 0.05) is 22.4 Å². The quantitative estimate of drug-likeness (QED) is 0.724. The fourth-order valence-electron chi connectivity index (χ4n) is 2.99. The van der Waals surface area contributed by atoms with Gasteiger partial charge in [-0.15, -0.1) is 11.3 Å². The first-order chi connectivity index (χ1) is 12.0. The van der Waals surface area contributed by atoms with E-state index in [4.69, 9.17) is 4.42 Å². The molecule has 1 amide bonds. The second-order valence-electron chi connectivity index (χ2n) is 6.62. The Balaban J connectivity index is 1.68. The molecule has 0 aliphatic rings. The number of fused-ring (bicyclic) bond motifs is 1. The van der Waals surface area contributed by atoms with Gasteiger partial charge in [-0.1, -0.05) is 18.2 Å². The Morgan fingerprint density at radius 2 is 2.08 bits per heavy atom. The summed E-state index contributed by atoms with van der Waals surface area (Å²) in [5.74, 6) is 0.0179. The maximum absolute atomic E-state index is 12.4. The van der Waals surface area contributed by atoms with E-state index in [0.717, 1.165) is 22.1 Å². The zero-order chi connectivity index (χ0) is 18.0. The van der Waals surface area contributed by atoms with Crippen LogP contribution in [0, 0.1) is 13.8 Å². The number of aryl methyl sites for hydroxylation is 2. The van der Waals surface area contributed by atoms with Crippen molar-refractivity contribution in [2.75, 3.05) is 20.6 Å². The van der Waals surface area contributed by atoms with Gasteiger partial charge in [0.05, 0.1) is 18.7 Å². The standard InChI is InChI=1S/C20H24N2O2S/c1-13-7-8-16-15(12-24-20(16)14(13)2)10-19(23)21-11-17(22(3)4)18-6-5-9-25-18/h5-9,12,17H,10-11H2,1-4H3,(H,21,23)/t17-/m1/s1. The number of hydrogen-bond acceptors (Lipinski definition) is 4. The van der Waals surface area contributed by atoms with Crippen molar-refractivity contribution in [3.05, 3.63) is 57.5 Å². The van der Waals surface area contributed by atoms with Gasteiger partial charge in [-0.3, -0.25) is 4.79 Å². The van der Waals surface area contributed by atoms with E-state index in [2.05, 4.69) is 34.7 Å². The van der Waals surface area contributed by atoms with Crippen molar-refractivity contribution in [2.45, 2.75) is 26.3 Å². The first kappa shape index (κ1) is 17.7. The average molecular weight is 356 g/mol. The first-order valence-electron chi connectivity index (χ1n) is 8.40. The third-order valence-electron chi connectivity index (χ3n) is 4.68. The Bertz CT molecular complexity index is 865. The van der Waals surface area contributed by atoms with Gasteiger partial charge in [-0.2, -0.15) is 0 Å². The highest BCUT2D eigenvalue weighted by atomic mass is 32.1. The molecular weight excluding hydrogens is 332 g/mol. The van der Waals surface area contributed by atoms with Crippen molar-refractivity contribution in [1.29, 1.82) is 0 Å². The third kappa shape index (κ3) is 3.78. The van der Waals surface area contributed by atoms with E-state index in [1.807, 2.05) is 33.2 Å². The fourth-order valence-corrected chi connectivity index (χ4v) is 3.91. The lowest BCUT2D eigenvalue weighted by molar-refractivity contribution is -0.120. The van der Waals surface area contributed by atoms with Crippen LogP contribution in [0.25, 0.3) is 11.0 Å². The van der Waals surface area contributed by atoms with Crippen molar-refractivity contribution in [1.82, 2.24) is 10.2 Å². The van der Waals surface area contributed by atoms with Crippen LogP contribution in [0.4, 0.5) is 0 Å². The van der Waals surface area contributed by atoms with E-state index >= 15 is 0 Å². The van der Waals surface area contributed by atoms with Gasteiger partial charge >= 0.3 is 0 Å². The van der Waals surface area contributed by atoms with E-state index < -0.39 is 0 Å². The first-order valence-corrected chi connectivity index (χ1v) is 9.28. The molecule has 1 atom stereocenters. The molecule has 0 unspecified atom stereocenters. The van der Waals surface area contributed by atoms with Crippen LogP contribution >= 0.6 is 11.3 Å². The van der Waals surface area contributed by atoms with E-state index in [1.54, 1.807) is 17.6 Å². The Kier molecular flexibility index (Phi) is 5.25. The number of carbonyl (C=O) groups excluding carboxylic acids is 1. The highest BCUT2D eigenvalue weighted by Gasteiger charge is 2.17. The molecule has 0 fully saturated rings. The number of amides is 1. The Morgan fingerprint density at radius 1 is 1.28 bits per heavy atom. The van der Waals surface area contributed by atoms with Crippen LogP contribution in [0.3, 0.4) is 0 Å². The average Bonchev–Trinajstić information content (AvgIpc) is 3.21. The van der Waals surface area contributed by atoms with Gasteiger partial charge < -0.3 is 14.6 Å². The number of carbonyl (C=O) groups is 1. The zero-order valence-electron chi connectivity index (χ0n) is 15.1. The minimum absolute atomic E-state index is 0.0179. The summed E-state index contributed by atoms with van der Waals surface area (Å²) in [6.45, 7) is 4.71. The van der Waals surface area contributed by atoms with E-state index in [1.165, 1.54) is 10.4 Å². The predicted molar refractivity (Wildman–Crippen MR) is 103 cm³/mol. The van der Waals surface area contributed by atoms with Gasteiger partial charge in [0.15, 0.2) is 0 Å². The third-order valence-corrected chi connectivity index (χ3v) is 5.65. The lowest BCUT2D eigenvalue weighted by atomic mass is 10.0. The molecule has 3 aromatic rings. The van der Waals surface area contributed by atoms with Crippen LogP contribution in [-0.4, -0.2) is 31.4 Å².